The molecule has 0 heterocycles. The lowest BCUT2D eigenvalue weighted by Crippen LogP contribution is -2.31. The van der Waals surface area contributed by atoms with E-state index in [1.54, 1.807) is 6.07 Å². The standard InChI is InChI=1S/C10H14N2O4/c1-10(13,6-11)7-3-4-9(16-2)8(5-7)12(14)15/h3-5,13H,6,11H2,1-2H3. The number of aliphatic hydroxyl groups is 1. The van der Waals surface area contributed by atoms with Crippen LogP contribution in [0, 0.1) is 10.1 Å². The van der Waals surface area contributed by atoms with Crippen LogP contribution in [0.5, 0.6) is 5.75 Å². The van der Waals surface area contributed by atoms with Crippen LogP contribution in [0.1, 0.15) is 12.5 Å². The number of methoxy groups -OCH3 is 1. The fraction of sp³-hybridized carbons (Fsp3) is 0.400. The van der Waals surface area contributed by atoms with Gasteiger partial charge in [0.25, 0.3) is 0 Å². The summed E-state index contributed by atoms with van der Waals surface area (Å²) in [6.45, 7) is 1.48. The summed E-state index contributed by atoms with van der Waals surface area (Å²) < 4.78 is 4.85. The smallest absolute Gasteiger partial charge is 0.311 e. The number of hydrogen-bond acceptors (Lipinski definition) is 5. The van der Waals surface area contributed by atoms with Crippen molar-refractivity contribution in [2.75, 3.05) is 13.7 Å². The first kappa shape index (κ1) is 12.4. The summed E-state index contributed by atoms with van der Waals surface area (Å²) in [7, 11) is 1.35. The number of nitrogens with zero attached hydrogens (tertiary/aromatic N) is 1. The Kier molecular flexibility index (Phi) is 3.46. The predicted octanol–water partition coefficient (Wildman–Crippen LogP) is 0.770. The van der Waals surface area contributed by atoms with E-state index in [4.69, 9.17) is 10.5 Å². The summed E-state index contributed by atoms with van der Waals surface area (Å²) in [4.78, 5) is 10.2. The molecule has 0 amide bonds. The summed E-state index contributed by atoms with van der Waals surface area (Å²) in [5.74, 6) is 0.154. The first-order valence-corrected chi connectivity index (χ1v) is 4.67. The predicted molar refractivity (Wildman–Crippen MR) is 58.3 cm³/mol. The molecule has 6 heteroatoms. The maximum Gasteiger partial charge on any atom is 0.311 e. The molecule has 0 saturated heterocycles. The van der Waals surface area contributed by atoms with Crippen LogP contribution >= 0.6 is 0 Å². The average Bonchev–Trinajstić information content (AvgIpc) is 2.28. The van der Waals surface area contributed by atoms with Crippen LogP contribution in [0.3, 0.4) is 0 Å². The molecule has 1 atom stereocenters. The van der Waals surface area contributed by atoms with Crippen molar-refractivity contribution in [2.45, 2.75) is 12.5 Å². The van der Waals surface area contributed by atoms with Gasteiger partial charge in [0.15, 0.2) is 5.75 Å². The van der Waals surface area contributed by atoms with Crippen molar-refractivity contribution < 1.29 is 14.8 Å². The van der Waals surface area contributed by atoms with Crippen LogP contribution in [-0.2, 0) is 5.60 Å². The molecular formula is C10H14N2O4. The molecule has 1 aromatic rings. The Morgan fingerprint density at radius 2 is 2.25 bits per heavy atom. The molecule has 0 bridgehead atoms. The van der Waals surface area contributed by atoms with Crippen LogP contribution in [0.15, 0.2) is 18.2 Å². The summed E-state index contributed by atoms with van der Waals surface area (Å²) >= 11 is 0. The second-order valence-electron chi connectivity index (χ2n) is 3.62. The van der Waals surface area contributed by atoms with E-state index in [1.165, 1.54) is 26.2 Å². The third-order valence-corrected chi connectivity index (χ3v) is 2.39. The van der Waals surface area contributed by atoms with E-state index in [-0.39, 0.29) is 18.0 Å². The lowest BCUT2D eigenvalue weighted by molar-refractivity contribution is -0.385. The highest BCUT2D eigenvalue weighted by Crippen LogP contribution is 2.31. The summed E-state index contributed by atoms with van der Waals surface area (Å²) in [5.41, 5.74) is 4.31. The van der Waals surface area contributed by atoms with Crippen molar-refractivity contribution in [1.82, 2.24) is 0 Å². The minimum absolute atomic E-state index is 0.0174. The third-order valence-electron chi connectivity index (χ3n) is 2.39. The number of benzene rings is 1. The van der Waals surface area contributed by atoms with E-state index in [0.29, 0.717) is 5.56 Å². The summed E-state index contributed by atoms with van der Waals surface area (Å²) in [6, 6.07) is 4.27. The second-order valence-corrected chi connectivity index (χ2v) is 3.62. The number of nitro benzene ring substituents is 1. The van der Waals surface area contributed by atoms with Crippen LogP contribution in [0.25, 0.3) is 0 Å². The van der Waals surface area contributed by atoms with E-state index < -0.39 is 10.5 Å². The van der Waals surface area contributed by atoms with Gasteiger partial charge in [0.2, 0.25) is 0 Å². The molecule has 0 aliphatic carbocycles. The molecule has 0 saturated carbocycles. The molecule has 1 aromatic carbocycles. The molecule has 16 heavy (non-hydrogen) atoms. The molecule has 1 unspecified atom stereocenters. The minimum Gasteiger partial charge on any atom is -0.490 e. The maximum atomic E-state index is 10.8. The Bertz CT molecular complexity index is 404. The number of hydrogen-bond donors (Lipinski definition) is 2. The van der Waals surface area contributed by atoms with Crippen LogP contribution in [-0.4, -0.2) is 23.7 Å². The Morgan fingerprint density at radius 3 is 2.69 bits per heavy atom. The lowest BCUT2D eigenvalue weighted by atomic mass is 9.95. The lowest BCUT2D eigenvalue weighted by Gasteiger charge is -2.21. The van der Waals surface area contributed by atoms with Crippen molar-refractivity contribution in [3.63, 3.8) is 0 Å². The normalized spacial score (nSPS) is 14.2. The van der Waals surface area contributed by atoms with Crippen molar-refractivity contribution in [1.29, 1.82) is 0 Å². The van der Waals surface area contributed by atoms with Crippen LogP contribution in [0.4, 0.5) is 5.69 Å². The minimum atomic E-state index is -1.28. The van der Waals surface area contributed by atoms with Crippen molar-refractivity contribution >= 4 is 5.69 Å². The van der Waals surface area contributed by atoms with Gasteiger partial charge < -0.3 is 15.6 Å². The van der Waals surface area contributed by atoms with Crippen LogP contribution in [0.2, 0.25) is 0 Å². The van der Waals surface area contributed by atoms with Gasteiger partial charge in [0.1, 0.15) is 0 Å². The SMILES string of the molecule is COc1ccc(C(C)(O)CN)cc1[N+](=O)[O-]. The molecule has 1 rings (SSSR count). The topological polar surface area (TPSA) is 98.6 Å². The number of nitro groups is 1. The van der Waals surface area contributed by atoms with Gasteiger partial charge in [-0.2, -0.15) is 0 Å². The molecule has 3 N–H and O–H groups in total. The highest BCUT2D eigenvalue weighted by molar-refractivity contribution is 5.49. The zero-order valence-electron chi connectivity index (χ0n) is 9.14. The van der Waals surface area contributed by atoms with E-state index in [9.17, 15) is 15.2 Å². The Morgan fingerprint density at radius 1 is 1.62 bits per heavy atom. The monoisotopic (exact) mass is 226 g/mol. The van der Waals surface area contributed by atoms with Gasteiger partial charge in [-0.3, -0.25) is 10.1 Å². The Hall–Kier alpha value is -1.66. The van der Waals surface area contributed by atoms with E-state index >= 15 is 0 Å². The summed E-state index contributed by atoms with van der Waals surface area (Å²) in [6.07, 6.45) is 0. The molecule has 0 aliphatic heterocycles. The maximum absolute atomic E-state index is 10.8. The number of nitrogens with two attached hydrogens (primary N) is 1. The molecule has 0 aromatic heterocycles. The molecule has 0 radical (unpaired) electrons. The molecule has 88 valence electrons. The van der Waals surface area contributed by atoms with Gasteiger partial charge in [-0.25, -0.2) is 0 Å². The first-order valence-electron chi connectivity index (χ1n) is 4.67. The van der Waals surface area contributed by atoms with Crippen LogP contribution < -0.4 is 10.5 Å². The Labute approximate surface area is 92.8 Å². The molecular weight excluding hydrogens is 212 g/mol. The zero-order chi connectivity index (χ0) is 12.3. The van der Waals surface area contributed by atoms with E-state index in [0.717, 1.165) is 0 Å². The number of rotatable bonds is 4. The van der Waals surface area contributed by atoms with Crippen molar-refractivity contribution in [2.24, 2.45) is 5.73 Å². The largest absolute Gasteiger partial charge is 0.490 e. The van der Waals surface area contributed by atoms with Gasteiger partial charge in [-0.05, 0) is 18.6 Å². The second kappa shape index (κ2) is 4.46. The average molecular weight is 226 g/mol. The third kappa shape index (κ3) is 2.29. The first-order chi connectivity index (χ1) is 7.42. The fourth-order valence-corrected chi connectivity index (χ4v) is 1.29. The highest BCUT2D eigenvalue weighted by Gasteiger charge is 2.25. The highest BCUT2D eigenvalue weighted by atomic mass is 16.6. The molecule has 0 fully saturated rings. The molecule has 6 nitrogen and oxygen atoms in total. The van der Waals surface area contributed by atoms with Gasteiger partial charge in [-0.15, -0.1) is 0 Å². The molecule has 0 spiro atoms. The van der Waals surface area contributed by atoms with E-state index in [2.05, 4.69) is 0 Å². The molecule has 0 aliphatic rings. The quantitative estimate of drug-likeness (QED) is 0.583. The van der Waals surface area contributed by atoms with Crippen molar-refractivity contribution in [3.05, 3.63) is 33.9 Å². The zero-order valence-corrected chi connectivity index (χ0v) is 9.14. The number of ether oxygens (including phenoxy) is 1. The van der Waals surface area contributed by atoms with Gasteiger partial charge in [-0.1, -0.05) is 6.07 Å². The van der Waals surface area contributed by atoms with Gasteiger partial charge >= 0.3 is 5.69 Å². The fourth-order valence-electron chi connectivity index (χ4n) is 1.29. The van der Waals surface area contributed by atoms with Gasteiger partial charge in [0, 0.05) is 12.6 Å². The summed E-state index contributed by atoms with van der Waals surface area (Å²) in [5, 5.41) is 20.6. The van der Waals surface area contributed by atoms with E-state index in [1.807, 2.05) is 0 Å². The van der Waals surface area contributed by atoms with Crippen molar-refractivity contribution in [3.8, 4) is 5.75 Å². The van der Waals surface area contributed by atoms with Gasteiger partial charge in [0.05, 0.1) is 17.6 Å². The Balaban J connectivity index is 3.27.